The predicted octanol–water partition coefficient (Wildman–Crippen LogP) is 3.93. The maximum absolute atomic E-state index is 13.2. The third kappa shape index (κ3) is 3.46. The van der Waals surface area contributed by atoms with Gasteiger partial charge in [0.2, 0.25) is 0 Å². The molecule has 6 nitrogen and oxygen atoms in total. The second kappa shape index (κ2) is 7.78. The van der Waals surface area contributed by atoms with Gasteiger partial charge in [-0.15, -0.1) is 0 Å². The lowest BCUT2D eigenvalue weighted by Gasteiger charge is -2.19. The van der Waals surface area contributed by atoms with E-state index in [0.29, 0.717) is 27.7 Å². The van der Waals surface area contributed by atoms with Gasteiger partial charge in [0.05, 0.1) is 36.1 Å². The number of phenols is 1. The minimum absolute atomic E-state index is 0.0545. The number of amides is 1. The Hall–Kier alpha value is -3.25. The van der Waals surface area contributed by atoms with Crippen LogP contribution >= 0.6 is 11.6 Å². The van der Waals surface area contributed by atoms with E-state index in [2.05, 4.69) is 0 Å². The van der Waals surface area contributed by atoms with E-state index in [0.717, 1.165) is 0 Å². The molecular formula is C21H18ClNO5. The number of carbonyl (C=O) groups excluding carboxylic acids is 2. The zero-order valence-corrected chi connectivity index (χ0v) is 16.3. The molecule has 3 rings (SSSR count). The molecule has 0 bridgehead atoms. The molecule has 7 heteroatoms. The van der Waals surface area contributed by atoms with Gasteiger partial charge in [0.15, 0.2) is 0 Å². The number of carbonyl (C=O) groups is 2. The Morgan fingerprint density at radius 3 is 2.54 bits per heavy atom. The fourth-order valence-electron chi connectivity index (χ4n) is 3.07. The van der Waals surface area contributed by atoms with Crippen molar-refractivity contribution < 1.29 is 24.2 Å². The van der Waals surface area contributed by atoms with E-state index in [1.807, 2.05) is 0 Å². The van der Waals surface area contributed by atoms with Crippen molar-refractivity contribution in [2.24, 2.45) is 0 Å². The van der Waals surface area contributed by atoms with Crippen molar-refractivity contribution in [3.05, 3.63) is 69.9 Å². The van der Waals surface area contributed by atoms with Gasteiger partial charge in [-0.05, 0) is 48.9 Å². The zero-order chi connectivity index (χ0) is 20.4. The van der Waals surface area contributed by atoms with Crippen LogP contribution in [-0.2, 0) is 14.3 Å². The molecule has 0 saturated carbocycles. The van der Waals surface area contributed by atoms with Crippen molar-refractivity contribution in [3.63, 3.8) is 0 Å². The average Bonchev–Trinajstić information content (AvgIpc) is 2.91. The number of esters is 1. The van der Waals surface area contributed by atoms with Gasteiger partial charge in [-0.25, -0.2) is 4.79 Å². The maximum atomic E-state index is 13.2. The van der Waals surface area contributed by atoms with E-state index in [1.165, 1.54) is 31.3 Å². The Morgan fingerprint density at radius 1 is 1.18 bits per heavy atom. The van der Waals surface area contributed by atoms with Gasteiger partial charge in [0.1, 0.15) is 11.5 Å². The van der Waals surface area contributed by atoms with Crippen molar-refractivity contribution in [1.82, 2.24) is 0 Å². The highest BCUT2D eigenvalue weighted by molar-refractivity contribution is 6.32. The molecule has 0 radical (unpaired) electrons. The highest BCUT2D eigenvalue weighted by atomic mass is 35.5. The number of halogens is 1. The number of benzene rings is 2. The van der Waals surface area contributed by atoms with Crippen molar-refractivity contribution in [3.8, 4) is 11.5 Å². The van der Waals surface area contributed by atoms with Crippen LogP contribution in [0, 0.1) is 0 Å². The lowest BCUT2D eigenvalue weighted by atomic mass is 10.0. The Balaban J connectivity index is 2.14. The SMILES string of the molecule is COC(=O)C1=C(C)N(c2ccc(OC)c(Cl)c2)C(=O)/C1=C\c1cccc(O)c1. The molecule has 0 saturated heterocycles. The van der Waals surface area contributed by atoms with Gasteiger partial charge in [-0.1, -0.05) is 23.7 Å². The molecule has 1 heterocycles. The third-order valence-corrected chi connectivity index (χ3v) is 4.66. The minimum Gasteiger partial charge on any atom is -0.508 e. The molecular weight excluding hydrogens is 382 g/mol. The molecule has 2 aromatic carbocycles. The molecule has 0 atom stereocenters. The first kappa shape index (κ1) is 19.5. The molecule has 28 heavy (non-hydrogen) atoms. The second-order valence-corrected chi connectivity index (χ2v) is 6.47. The number of ether oxygens (including phenoxy) is 2. The largest absolute Gasteiger partial charge is 0.508 e. The van der Waals surface area contributed by atoms with Gasteiger partial charge < -0.3 is 14.6 Å². The number of anilines is 1. The van der Waals surface area contributed by atoms with E-state index >= 15 is 0 Å². The van der Waals surface area contributed by atoms with Gasteiger partial charge in [-0.2, -0.15) is 0 Å². The molecule has 0 spiro atoms. The summed E-state index contributed by atoms with van der Waals surface area (Å²) in [5.74, 6) is -0.497. The Morgan fingerprint density at radius 2 is 1.93 bits per heavy atom. The summed E-state index contributed by atoms with van der Waals surface area (Å²) in [7, 11) is 2.75. The van der Waals surface area contributed by atoms with Gasteiger partial charge in [0.25, 0.3) is 5.91 Å². The number of methoxy groups -OCH3 is 2. The molecule has 2 aromatic rings. The summed E-state index contributed by atoms with van der Waals surface area (Å²) in [5.41, 5.74) is 1.82. The predicted molar refractivity (Wildman–Crippen MR) is 106 cm³/mol. The summed E-state index contributed by atoms with van der Waals surface area (Å²) < 4.78 is 10.0. The van der Waals surface area contributed by atoms with Gasteiger partial charge in [0, 0.05) is 5.70 Å². The summed E-state index contributed by atoms with van der Waals surface area (Å²) in [4.78, 5) is 27.0. The van der Waals surface area contributed by atoms with Crippen molar-refractivity contribution in [2.45, 2.75) is 6.92 Å². The smallest absolute Gasteiger partial charge is 0.340 e. The fourth-order valence-corrected chi connectivity index (χ4v) is 3.32. The third-order valence-electron chi connectivity index (χ3n) is 4.36. The molecule has 1 amide bonds. The second-order valence-electron chi connectivity index (χ2n) is 6.06. The standard InChI is InChI=1S/C21H18ClNO5/c1-12-19(21(26)28-3)16(10-13-5-4-6-15(24)9-13)20(25)23(12)14-7-8-18(27-2)17(22)11-14/h4-11,24H,1-3H3/b16-10-. The summed E-state index contributed by atoms with van der Waals surface area (Å²) in [6, 6.07) is 11.3. The number of aromatic hydroxyl groups is 1. The van der Waals surface area contributed by atoms with Crippen molar-refractivity contribution in [1.29, 1.82) is 0 Å². The molecule has 0 aromatic heterocycles. The summed E-state index contributed by atoms with van der Waals surface area (Å²) >= 11 is 6.20. The van der Waals surface area contributed by atoms with Crippen LogP contribution in [0.2, 0.25) is 5.02 Å². The van der Waals surface area contributed by atoms with Crippen molar-refractivity contribution >= 4 is 35.2 Å². The number of nitrogens with zero attached hydrogens (tertiary/aromatic N) is 1. The van der Waals surface area contributed by atoms with E-state index in [-0.39, 0.29) is 16.9 Å². The Kier molecular flexibility index (Phi) is 5.42. The van der Waals surface area contributed by atoms with E-state index < -0.39 is 11.9 Å². The topological polar surface area (TPSA) is 76.1 Å². The maximum Gasteiger partial charge on any atom is 0.340 e. The number of allylic oxidation sites excluding steroid dienone is 1. The van der Waals surface area contributed by atoms with E-state index in [9.17, 15) is 14.7 Å². The molecule has 0 unspecified atom stereocenters. The highest BCUT2D eigenvalue weighted by Crippen LogP contribution is 2.38. The Bertz CT molecular complexity index is 1030. The van der Waals surface area contributed by atoms with Gasteiger partial charge in [-0.3, -0.25) is 9.69 Å². The van der Waals surface area contributed by atoms with Gasteiger partial charge >= 0.3 is 5.97 Å². The number of phenolic OH excluding ortho intramolecular Hbond substituents is 1. The summed E-state index contributed by atoms with van der Waals surface area (Å²) in [5, 5.41) is 10.0. The normalized spacial score (nSPS) is 15.4. The Labute approximate surface area is 167 Å². The van der Waals surface area contributed by atoms with Crippen LogP contribution in [0.15, 0.2) is 59.3 Å². The van der Waals surface area contributed by atoms with E-state index in [1.54, 1.807) is 43.3 Å². The van der Waals surface area contributed by atoms with Crippen LogP contribution in [0.5, 0.6) is 11.5 Å². The minimum atomic E-state index is -0.626. The first-order valence-corrected chi connectivity index (χ1v) is 8.73. The molecule has 0 aliphatic carbocycles. The van der Waals surface area contributed by atoms with Crippen LogP contribution in [0.3, 0.4) is 0 Å². The molecule has 1 aliphatic heterocycles. The number of hydrogen-bond donors (Lipinski definition) is 1. The quantitative estimate of drug-likeness (QED) is 0.622. The first-order valence-electron chi connectivity index (χ1n) is 8.35. The van der Waals surface area contributed by atoms with E-state index in [4.69, 9.17) is 21.1 Å². The molecule has 1 aliphatic rings. The first-order chi connectivity index (χ1) is 13.4. The van der Waals surface area contributed by atoms with Crippen LogP contribution in [0.25, 0.3) is 6.08 Å². The number of hydrogen-bond acceptors (Lipinski definition) is 5. The summed E-state index contributed by atoms with van der Waals surface area (Å²) in [6.45, 7) is 1.66. The molecule has 0 fully saturated rings. The monoisotopic (exact) mass is 399 g/mol. The van der Waals surface area contributed by atoms with Crippen molar-refractivity contribution in [2.75, 3.05) is 19.1 Å². The van der Waals surface area contributed by atoms with Crippen LogP contribution < -0.4 is 9.64 Å². The highest BCUT2D eigenvalue weighted by Gasteiger charge is 2.38. The van der Waals surface area contributed by atoms with Crippen LogP contribution in [0.1, 0.15) is 12.5 Å². The van der Waals surface area contributed by atoms with Crippen LogP contribution in [-0.4, -0.2) is 31.2 Å². The number of rotatable bonds is 4. The average molecular weight is 400 g/mol. The molecule has 144 valence electrons. The zero-order valence-electron chi connectivity index (χ0n) is 15.5. The lowest BCUT2D eigenvalue weighted by molar-refractivity contribution is -0.136. The van der Waals surface area contributed by atoms with Crippen LogP contribution in [0.4, 0.5) is 5.69 Å². The lowest BCUT2D eigenvalue weighted by Crippen LogP contribution is -2.24. The molecule has 1 N–H and O–H groups in total. The fraction of sp³-hybridized carbons (Fsp3) is 0.143. The summed E-state index contributed by atoms with van der Waals surface area (Å²) in [6.07, 6.45) is 1.54.